The van der Waals surface area contributed by atoms with Gasteiger partial charge in [0, 0.05) is 6.07 Å². The Bertz CT molecular complexity index is 769. The Hall–Kier alpha value is -2.77. The summed E-state index contributed by atoms with van der Waals surface area (Å²) in [5, 5.41) is 25.9. The quantitative estimate of drug-likeness (QED) is 0.500. The van der Waals surface area contributed by atoms with Gasteiger partial charge in [0.25, 0.3) is 5.69 Å². The molecule has 24 heavy (non-hydrogen) atoms. The molecule has 8 nitrogen and oxygen atoms in total. The predicted octanol–water partition coefficient (Wildman–Crippen LogP) is 3.89. The van der Waals surface area contributed by atoms with Crippen molar-refractivity contribution in [3.63, 3.8) is 0 Å². The van der Waals surface area contributed by atoms with E-state index in [1.807, 2.05) is 0 Å². The number of nitrogens with zero attached hydrogens (tertiary/aromatic N) is 3. The molecule has 0 aromatic heterocycles. The molecule has 1 N–H and O–H groups in total. The van der Waals surface area contributed by atoms with Crippen LogP contribution < -0.4 is 5.43 Å². The van der Waals surface area contributed by atoms with Crippen LogP contribution in [-0.2, 0) is 0 Å². The lowest BCUT2D eigenvalue weighted by molar-refractivity contribution is -0.393. The zero-order valence-electron chi connectivity index (χ0n) is 13.4. The van der Waals surface area contributed by atoms with Crippen LogP contribution >= 0.6 is 0 Å². The Balaban J connectivity index is 1.76. The first-order chi connectivity index (χ1) is 11.3. The summed E-state index contributed by atoms with van der Waals surface area (Å²) in [5.74, 6) is 1.19. The summed E-state index contributed by atoms with van der Waals surface area (Å²) in [4.78, 5) is 20.5. The third-order valence-corrected chi connectivity index (χ3v) is 5.30. The van der Waals surface area contributed by atoms with E-state index < -0.39 is 9.85 Å². The van der Waals surface area contributed by atoms with Crippen molar-refractivity contribution in [3.8, 4) is 0 Å². The fourth-order valence-corrected chi connectivity index (χ4v) is 3.60. The standard InChI is InChI=1S/C16H18N4O4/c1-16(2)11-4-3-10(13(16)7-11)9-17-18-14-6-5-12(19(21)22)8-15(14)20(23)24/h3,5-6,8-9,11,13,18H,4,7H2,1-2H3/b17-9-/t11-,13-/m0/s1. The fourth-order valence-electron chi connectivity index (χ4n) is 3.60. The minimum Gasteiger partial charge on any atom is -0.272 e. The first-order valence-electron chi connectivity index (χ1n) is 7.72. The second-order valence-electron chi connectivity index (χ2n) is 6.83. The molecule has 0 spiro atoms. The molecule has 2 bridgehead atoms. The molecule has 1 aromatic rings. The van der Waals surface area contributed by atoms with Crippen molar-refractivity contribution in [2.24, 2.45) is 22.4 Å². The number of non-ortho nitro benzene ring substituents is 1. The number of hydrogen-bond donors (Lipinski definition) is 1. The minimum absolute atomic E-state index is 0.129. The van der Waals surface area contributed by atoms with E-state index in [9.17, 15) is 20.2 Å². The number of allylic oxidation sites excluding steroid dienone is 2. The monoisotopic (exact) mass is 330 g/mol. The molecule has 1 saturated carbocycles. The van der Waals surface area contributed by atoms with Crippen LogP contribution in [0, 0.1) is 37.5 Å². The summed E-state index contributed by atoms with van der Waals surface area (Å²) in [6.07, 6.45) is 6.05. The fraction of sp³-hybridized carbons (Fsp3) is 0.438. The Kier molecular flexibility index (Phi) is 3.82. The topological polar surface area (TPSA) is 111 Å². The van der Waals surface area contributed by atoms with E-state index in [2.05, 4.69) is 30.5 Å². The van der Waals surface area contributed by atoms with Gasteiger partial charge in [-0.05, 0) is 41.7 Å². The summed E-state index contributed by atoms with van der Waals surface area (Å²) in [5.41, 5.74) is 3.48. The Morgan fingerprint density at radius 1 is 1.29 bits per heavy atom. The maximum atomic E-state index is 11.1. The summed E-state index contributed by atoms with van der Waals surface area (Å²) >= 11 is 0. The number of rotatable bonds is 5. The number of hydrazone groups is 1. The molecule has 0 radical (unpaired) electrons. The molecule has 3 aliphatic carbocycles. The van der Waals surface area contributed by atoms with Gasteiger partial charge in [0.05, 0.1) is 22.1 Å². The highest BCUT2D eigenvalue weighted by atomic mass is 16.6. The van der Waals surface area contributed by atoms with E-state index in [0.29, 0.717) is 5.92 Å². The van der Waals surface area contributed by atoms with Crippen molar-refractivity contribution >= 4 is 23.3 Å². The van der Waals surface area contributed by atoms with Crippen LogP contribution in [-0.4, -0.2) is 16.1 Å². The predicted molar refractivity (Wildman–Crippen MR) is 89.9 cm³/mol. The number of benzene rings is 1. The highest BCUT2D eigenvalue weighted by Gasteiger charge is 2.50. The zero-order chi connectivity index (χ0) is 17.5. The third kappa shape index (κ3) is 2.64. The van der Waals surface area contributed by atoms with Gasteiger partial charge >= 0.3 is 5.69 Å². The van der Waals surface area contributed by atoms with E-state index in [1.165, 1.54) is 12.1 Å². The third-order valence-electron chi connectivity index (χ3n) is 5.30. The van der Waals surface area contributed by atoms with E-state index >= 15 is 0 Å². The average Bonchev–Trinajstić information content (AvgIpc) is 2.54. The average molecular weight is 330 g/mol. The maximum Gasteiger partial charge on any atom is 0.301 e. The second kappa shape index (κ2) is 5.70. The summed E-state index contributed by atoms with van der Waals surface area (Å²) in [6, 6.07) is 3.44. The molecule has 0 saturated heterocycles. The highest BCUT2D eigenvalue weighted by molar-refractivity contribution is 5.81. The van der Waals surface area contributed by atoms with Gasteiger partial charge in [-0.3, -0.25) is 25.7 Å². The van der Waals surface area contributed by atoms with Crippen LogP contribution in [0.25, 0.3) is 0 Å². The molecule has 1 aromatic carbocycles. The summed E-state index contributed by atoms with van der Waals surface area (Å²) in [6.45, 7) is 4.50. The molecular formula is C16H18N4O4. The van der Waals surface area contributed by atoms with E-state index in [-0.39, 0.29) is 22.5 Å². The molecular weight excluding hydrogens is 312 g/mol. The van der Waals surface area contributed by atoms with Crippen molar-refractivity contribution in [3.05, 3.63) is 50.1 Å². The molecule has 4 rings (SSSR count). The second-order valence-corrected chi connectivity index (χ2v) is 6.83. The lowest BCUT2D eigenvalue weighted by Gasteiger charge is -2.55. The number of fused-ring (bicyclic) bond motifs is 1. The van der Waals surface area contributed by atoms with Crippen LogP contribution in [0.4, 0.5) is 17.1 Å². The van der Waals surface area contributed by atoms with Crippen LogP contribution in [0.2, 0.25) is 0 Å². The number of nitro groups is 2. The van der Waals surface area contributed by atoms with Gasteiger partial charge in [-0.15, -0.1) is 0 Å². The van der Waals surface area contributed by atoms with Gasteiger partial charge in [0.1, 0.15) is 5.69 Å². The molecule has 0 heterocycles. The maximum absolute atomic E-state index is 11.1. The van der Waals surface area contributed by atoms with Gasteiger partial charge in [-0.25, -0.2) is 0 Å². The van der Waals surface area contributed by atoms with Crippen molar-refractivity contribution in [1.29, 1.82) is 0 Å². The van der Waals surface area contributed by atoms with Gasteiger partial charge in [-0.2, -0.15) is 5.10 Å². The molecule has 3 aliphatic rings. The Morgan fingerprint density at radius 2 is 2.04 bits per heavy atom. The number of anilines is 1. The zero-order valence-corrected chi connectivity index (χ0v) is 13.4. The Morgan fingerprint density at radius 3 is 2.62 bits per heavy atom. The molecule has 0 aliphatic heterocycles. The minimum atomic E-state index is -0.665. The summed E-state index contributed by atoms with van der Waals surface area (Å²) < 4.78 is 0. The molecule has 2 atom stereocenters. The highest BCUT2D eigenvalue weighted by Crippen LogP contribution is 2.58. The van der Waals surface area contributed by atoms with Crippen LogP contribution in [0.15, 0.2) is 34.9 Å². The van der Waals surface area contributed by atoms with Crippen LogP contribution in [0.5, 0.6) is 0 Å². The lowest BCUT2D eigenvalue weighted by Crippen LogP contribution is -2.48. The molecule has 1 fully saturated rings. The number of nitro benzene ring substituents is 2. The molecule has 8 heteroatoms. The molecule has 126 valence electrons. The number of nitrogens with one attached hydrogen (secondary N) is 1. The first-order valence-corrected chi connectivity index (χ1v) is 7.72. The van der Waals surface area contributed by atoms with E-state index in [4.69, 9.17) is 0 Å². The first kappa shape index (κ1) is 16.1. The largest absolute Gasteiger partial charge is 0.301 e. The van der Waals surface area contributed by atoms with Crippen LogP contribution in [0.1, 0.15) is 26.7 Å². The molecule has 0 unspecified atom stereocenters. The van der Waals surface area contributed by atoms with Crippen LogP contribution in [0.3, 0.4) is 0 Å². The summed E-state index contributed by atoms with van der Waals surface area (Å²) in [7, 11) is 0. The van der Waals surface area contributed by atoms with Gasteiger partial charge in [-0.1, -0.05) is 19.9 Å². The smallest absolute Gasteiger partial charge is 0.272 e. The Labute approximate surface area is 138 Å². The van der Waals surface area contributed by atoms with Gasteiger partial charge < -0.3 is 0 Å². The van der Waals surface area contributed by atoms with Gasteiger partial charge in [0.15, 0.2) is 0 Å². The number of hydrogen-bond acceptors (Lipinski definition) is 6. The normalized spacial score (nSPS) is 24.2. The SMILES string of the molecule is CC1(C)[C@H]2CC=C(/C=N\Nc3ccc([N+](=O)[O-])cc3[N+](=O)[O-])[C@@H]1C2. The van der Waals surface area contributed by atoms with Crippen molar-refractivity contribution < 1.29 is 9.85 Å². The van der Waals surface area contributed by atoms with Crippen molar-refractivity contribution in [2.45, 2.75) is 26.7 Å². The van der Waals surface area contributed by atoms with E-state index in [1.54, 1.807) is 6.21 Å². The lowest BCUT2D eigenvalue weighted by atomic mass is 9.49. The van der Waals surface area contributed by atoms with Crippen molar-refractivity contribution in [1.82, 2.24) is 0 Å². The van der Waals surface area contributed by atoms with E-state index in [0.717, 1.165) is 30.4 Å². The molecule has 0 amide bonds. The van der Waals surface area contributed by atoms with Gasteiger partial charge in [0.2, 0.25) is 0 Å². The van der Waals surface area contributed by atoms with Crippen molar-refractivity contribution in [2.75, 3.05) is 5.43 Å².